The first-order chi connectivity index (χ1) is 21.1. The number of sulfonamides is 1. The van der Waals surface area contributed by atoms with Gasteiger partial charge < -0.3 is 16.4 Å². The van der Waals surface area contributed by atoms with E-state index in [9.17, 15) is 22.0 Å². The van der Waals surface area contributed by atoms with E-state index in [0.717, 1.165) is 0 Å². The van der Waals surface area contributed by atoms with E-state index >= 15 is 4.39 Å². The van der Waals surface area contributed by atoms with Gasteiger partial charge in [-0.1, -0.05) is 48.5 Å². The summed E-state index contributed by atoms with van der Waals surface area (Å²) in [4.78, 5) is 13.7. The molecule has 1 saturated heterocycles. The zero-order chi connectivity index (χ0) is 31.3. The quantitative estimate of drug-likeness (QED) is 0.236. The van der Waals surface area contributed by atoms with E-state index in [1.165, 1.54) is 52.8 Å². The molecule has 11 heteroatoms. The number of amides is 1. The minimum Gasteiger partial charge on any atom is -0.324 e. The van der Waals surface area contributed by atoms with Crippen LogP contribution in [-0.4, -0.2) is 50.3 Å². The van der Waals surface area contributed by atoms with E-state index in [0.29, 0.717) is 24.2 Å². The molecule has 1 aliphatic heterocycles. The van der Waals surface area contributed by atoms with Crippen molar-refractivity contribution >= 4 is 21.6 Å². The third-order valence-electron chi connectivity index (χ3n) is 7.83. The Bertz CT molecular complexity index is 1680. The Morgan fingerprint density at radius 2 is 1.55 bits per heavy atom. The minimum absolute atomic E-state index is 0.127. The minimum atomic E-state index is -3.77. The molecule has 5 rings (SSSR count). The first-order valence-electron chi connectivity index (χ1n) is 14.3. The smallest absolute Gasteiger partial charge is 0.243 e. The zero-order valence-corrected chi connectivity index (χ0v) is 24.6. The van der Waals surface area contributed by atoms with Crippen LogP contribution in [0, 0.1) is 17.5 Å². The Labute approximate surface area is 254 Å². The number of carbonyl (C=O) groups excluding carboxylic acids is 1. The predicted octanol–water partition coefficient (Wildman–Crippen LogP) is 4.80. The Morgan fingerprint density at radius 3 is 2.18 bits per heavy atom. The molecule has 1 unspecified atom stereocenters. The lowest BCUT2D eigenvalue weighted by Crippen LogP contribution is -2.53. The number of hydrogen-bond donors (Lipinski definition) is 3. The number of anilines is 1. The highest BCUT2D eigenvalue weighted by Crippen LogP contribution is 2.30. The fourth-order valence-corrected chi connectivity index (χ4v) is 7.32. The second kappa shape index (κ2) is 13.7. The Hall–Kier alpha value is -4.03. The van der Waals surface area contributed by atoms with Gasteiger partial charge >= 0.3 is 0 Å². The molecule has 2 atom stereocenters. The van der Waals surface area contributed by atoms with Gasteiger partial charge in [-0.2, -0.15) is 4.31 Å². The molecule has 4 aromatic carbocycles. The molecule has 1 fully saturated rings. The first-order valence-corrected chi connectivity index (χ1v) is 15.7. The second-order valence-corrected chi connectivity index (χ2v) is 12.6. The van der Waals surface area contributed by atoms with Crippen LogP contribution in [-0.2, 0) is 21.2 Å². The van der Waals surface area contributed by atoms with Crippen molar-refractivity contribution in [2.75, 3.05) is 25.0 Å². The average Bonchev–Trinajstić information content (AvgIpc) is 3.01. The summed E-state index contributed by atoms with van der Waals surface area (Å²) in [6.45, 7) is 1.13. The summed E-state index contributed by atoms with van der Waals surface area (Å²) in [6, 6.07) is 21.8. The lowest BCUT2D eigenvalue weighted by atomic mass is 9.84. The number of benzene rings is 4. The van der Waals surface area contributed by atoms with Crippen LogP contribution in [0.15, 0.2) is 102 Å². The largest absolute Gasteiger partial charge is 0.324 e. The highest BCUT2D eigenvalue weighted by atomic mass is 32.2. The summed E-state index contributed by atoms with van der Waals surface area (Å²) in [7, 11) is -3.77. The summed E-state index contributed by atoms with van der Waals surface area (Å²) in [5.41, 5.74) is 7.58. The Morgan fingerprint density at radius 1 is 0.909 bits per heavy atom. The summed E-state index contributed by atoms with van der Waals surface area (Å²) in [6.07, 6.45) is 0.409. The lowest BCUT2D eigenvalue weighted by Gasteiger charge is -2.35. The van der Waals surface area contributed by atoms with Crippen LogP contribution >= 0.6 is 0 Å². The molecular weight excluding hydrogens is 589 g/mol. The maximum absolute atomic E-state index is 15.2. The monoisotopic (exact) mass is 622 g/mol. The summed E-state index contributed by atoms with van der Waals surface area (Å²) < 4.78 is 71.8. The normalized spacial score (nSPS) is 16.5. The van der Waals surface area contributed by atoms with Crippen molar-refractivity contribution in [2.45, 2.75) is 35.7 Å². The number of hydrogen-bond acceptors (Lipinski definition) is 5. The maximum atomic E-state index is 15.2. The van der Waals surface area contributed by atoms with Gasteiger partial charge in [0.05, 0.1) is 10.9 Å². The van der Waals surface area contributed by atoms with Crippen molar-refractivity contribution in [3.8, 4) is 0 Å². The molecule has 0 bridgehead atoms. The number of rotatable bonds is 10. The van der Waals surface area contributed by atoms with Gasteiger partial charge in [0.2, 0.25) is 15.9 Å². The third-order valence-corrected chi connectivity index (χ3v) is 9.79. The van der Waals surface area contributed by atoms with Crippen molar-refractivity contribution in [3.05, 3.63) is 131 Å². The molecule has 230 valence electrons. The molecule has 4 aromatic rings. The molecule has 0 radical (unpaired) electrons. The molecule has 0 spiro atoms. The van der Waals surface area contributed by atoms with Gasteiger partial charge in [0.25, 0.3) is 0 Å². The molecule has 1 heterocycles. The average molecular weight is 623 g/mol. The highest BCUT2D eigenvalue weighted by Gasteiger charge is 2.34. The molecule has 44 heavy (non-hydrogen) atoms. The van der Waals surface area contributed by atoms with E-state index in [2.05, 4.69) is 10.6 Å². The molecule has 4 N–H and O–H groups in total. The fourth-order valence-electron chi connectivity index (χ4n) is 5.65. The van der Waals surface area contributed by atoms with Crippen LogP contribution in [0.3, 0.4) is 0 Å². The van der Waals surface area contributed by atoms with Crippen molar-refractivity contribution in [1.29, 1.82) is 0 Å². The summed E-state index contributed by atoms with van der Waals surface area (Å²) in [5, 5.41) is 5.93. The van der Waals surface area contributed by atoms with Crippen LogP contribution in [0.1, 0.15) is 29.0 Å². The SMILES string of the molecule is N[C@H](C(=O)Nc1cccc(F)c1CCC1CNCCN1S(=O)(=O)c1ccccc1)C(c1cccc(F)c1)c1cccc(F)c1. The molecule has 0 aliphatic carbocycles. The molecule has 1 amide bonds. The number of nitrogens with zero attached hydrogens (tertiary/aromatic N) is 1. The topological polar surface area (TPSA) is 105 Å². The number of nitrogens with two attached hydrogens (primary N) is 1. The van der Waals surface area contributed by atoms with Gasteiger partial charge in [-0.05, 0) is 72.5 Å². The van der Waals surface area contributed by atoms with Gasteiger partial charge in [0, 0.05) is 42.8 Å². The van der Waals surface area contributed by atoms with Crippen LogP contribution in [0.25, 0.3) is 0 Å². The van der Waals surface area contributed by atoms with E-state index in [-0.39, 0.29) is 35.5 Å². The van der Waals surface area contributed by atoms with Gasteiger partial charge in [-0.3, -0.25) is 4.79 Å². The van der Waals surface area contributed by atoms with Gasteiger partial charge in [0.15, 0.2) is 0 Å². The number of piperazine rings is 1. The molecule has 7 nitrogen and oxygen atoms in total. The number of carbonyl (C=O) groups is 1. The molecule has 0 saturated carbocycles. The van der Waals surface area contributed by atoms with E-state index < -0.39 is 51.4 Å². The van der Waals surface area contributed by atoms with Crippen molar-refractivity contribution < 1.29 is 26.4 Å². The Balaban J connectivity index is 1.37. The maximum Gasteiger partial charge on any atom is 0.243 e. The molecular formula is C33H33F3N4O3S. The van der Waals surface area contributed by atoms with Crippen LogP contribution < -0.4 is 16.4 Å². The third kappa shape index (κ3) is 7.02. The van der Waals surface area contributed by atoms with Gasteiger partial charge in [-0.15, -0.1) is 0 Å². The van der Waals surface area contributed by atoms with Gasteiger partial charge in [0.1, 0.15) is 17.5 Å². The fraction of sp³-hybridized carbons (Fsp3) is 0.242. The van der Waals surface area contributed by atoms with Crippen LogP contribution in [0.2, 0.25) is 0 Å². The van der Waals surface area contributed by atoms with Gasteiger partial charge in [-0.25, -0.2) is 21.6 Å². The van der Waals surface area contributed by atoms with E-state index in [1.54, 1.807) is 48.5 Å². The van der Waals surface area contributed by atoms with Crippen molar-refractivity contribution in [3.63, 3.8) is 0 Å². The van der Waals surface area contributed by atoms with E-state index in [4.69, 9.17) is 5.73 Å². The standard InChI is InChI=1S/C33H33F3N4O3S/c34-24-9-4-7-22(19-24)31(23-8-5-10-25(35)20-23)32(37)33(41)39-30-14-6-13-29(36)28(30)16-15-26-21-38-17-18-40(26)44(42,43)27-11-2-1-3-12-27/h1-14,19-20,26,31-32,38H,15-18,21,37H2,(H,39,41)/t26?,32-/m0/s1. The van der Waals surface area contributed by atoms with Crippen molar-refractivity contribution in [1.82, 2.24) is 9.62 Å². The molecule has 1 aliphatic rings. The predicted molar refractivity (Wildman–Crippen MR) is 163 cm³/mol. The number of nitrogens with one attached hydrogen (secondary N) is 2. The first kappa shape index (κ1) is 31.4. The van der Waals surface area contributed by atoms with Crippen molar-refractivity contribution in [2.24, 2.45) is 5.73 Å². The lowest BCUT2D eigenvalue weighted by molar-refractivity contribution is -0.117. The van der Waals surface area contributed by atoms with Crippen LogP contribution in [0.4, 0.5) is 18.9 Å². The molecule has 0 aromatic heterocycles. The zero-order valence-electron chi connectivity index (χ0n) is 23.8. The Kier molecular flexibility index (Phi) is 9.80. The summed E-state index contributed by atoms with van der Waals surface area (Å²) >= 11 is 0. The second-order valence-electron chi connectivity index (χ2n) is 10.7. The van der Waals surface area contributed by atoms with E-state index in [1.807, 2.05) is 0 Å². The van der Waals surface area contributed by atoms with Crippen LogP contribution in [0.5, 0.6) is 0 Å². The highest BCUT2D eigenvalue weighted by molar-refractivity contribution is 7.89. The number of halogens is 3. The summed E-state index contributed by atoms with van der Waals surface area (Å²) in [5.74, 6) is -3.22.